The molecule has 0 radical (unpaired) electrons. The van der Waals surface area contributed by atoms with E-state index < -0.39 is 0 Å². The molecule has 152 valence electrons. The van der Waals surface area contributed by atoms with Gasteiger partial charge in [-0.3, -0.25) is 14.6 Å². The van der Waals surface area contributed by atoms with Crippen LogP contribution in [-0.4, -0.2) is 51.4 Å². The molecular weight excluding hydrogens is 362 g/mol. The zero-order valence-corrected chi connectivity index (χ0v) is 17.3. The van der Waals surface area contributed by atoms with Gasteiger partial charge in [0.05, 0.1) is 17.6 Å². The van der Waals surface area contributed by atoms with Gasteiger partial charge in [0.2, 0.25) is 5.91 Å². The highest BCUT2D eigenvalue weighted by Gasteiger charge is 2.19. The number of anilines is 1. The van der Waals surface area contributed by atoms with Crippen molar-refractivity contribution in [3.63, 3.8) is 0 Å². The standard InChI is InChI=1S/C23H29N5O/c1-3-23(29)24-19-9-10-21-20(15-19)25-22(26(21)2)17-28-13-11-27(12-14-28)16-18-7-5-4-6-8-18/h4-10,15H,3,11-14,16-17H2,1-2H3,(H,24,29). The van der Waals surface area contributed by atoms with Crippen LogP contribution in [0, 0.1) is 0 Å². The molecule has 0 saturated carbocycles. The Bertz CT molecular complexity index is 974. The number of nitrogens with one attached hydrogen (secondary N) is 1. The second-order valence-electron chi connectivity index (χ2n) is 7.73. The van der Waals surface area contributed by atoms with Gasteiger partial charge in [0.25, 0.3) is 0 Å². The summed E-state index contributed by atoms with van der Waals surface area (Å²) in [5.41, 5.74) is 4.21. The van der Waals surface area contributed by atoms with Gasteiger partial charge in [-0.25, -0.2) is 4.98 Å². The fourth-order valence-corrected chi connectivity index (χ4v) is 3.87. The second kappa shape index (κ2) is 8.76. The lowest BCUT2D eigenvalue weighted by Gasteiger charge is -2.34. The number of nitrogens with zero attached hydrogens (tertiary/aromatic N) is 4. The van der Waals surface area contributed by atoms with Crippen molar-refractivity contribution in [2.24, 2.45) is 7.05 Å². The molecule has 4 rings (SSSR count). The summed E-state index contributed by atoms with van der Waals surface area (Å²) in [7, 11) is 2.07. The molecule has 0 atom stereocenters. The third-order valence-electron chi connectivity index (χ3n) is 5.66. The molecule has 1 saturated heterocycles. The number of hydrogen-bond acceptors (Lipinski definition) is 4. The molecule has 1 aromatic heterocycles. The van der Waals surface area contributed by atoms with Crippen molar-refractivity contribution in [2.45, 2.75) is 26.4 Å². The van der Waals surface area contributed by atoms with E-state index in [2.05, 4.69) is 57.1 Å². The van der Waals surface area contributed by atoms with Crippen LogP contribution in [0.5, 0.6) is 0 Å². The van der Waals surface area contributed by atoms with Crippen LogP contribution in [0.3, 0.4) is 0 Å². The molecule has 3 aromatic rings. The lowest BCUT2D eigenvalue weighted by Crippen LogP contribution is -2.45. The zero-order chi connectivity index (χ0) is 20.2. The van der Waals surface area contributed by atoms with Crippen molar-refractivity contribution in [3.8, 4) is 0 Å². The van der Waals surface area contributed by atoms with Crippen LogP contribution in [0.2, 0.25) is 0 Å². The van der Waals surface area contributed by atoms with Gasteiger partial charge in [-0.05, 0) is 23.8 Å². The molecule has 2 aromatic carbocycles. The van der Waals surface area contributed by atoms with Crippen LogP contribution >= 0.6 is 0 Å². The largest absolute Gasteiger partial charge is 0.330 e. The third-order valence-corrected chi connectivity index (χ3v) is 5.66. The van der Waals surface area contributed by atoms with Crippen molar-refractivity contribution in [1.82, 2.24) is 19.4 Å². The summed E-state index contributed by atoms with van der Waals surface area (Å²) in [4.78, 5) is 21.5. The van der Waals surface area contributed by atoms with Gasteiger partial charge in [0, 0.05) is 51.9 Å². The molecule has 1 amide bonds. The Balaban J connectivity index is 1.38. The first kappa shape index (κ1) is 19.6. The highest BCUT2D eigenvalue weighted by molar-refractivity contribution is 5.92. The Morgan fingerprint density at radius 3 is 2.38 bits per heavy atom. The maximum absolute atomic E-state index is 11.6. The van der Waals surface area contributed by atoms with E-state index in [0.29, 0.717) is 6.42 Å². The normalized spacial score (nSPS) is 15.7. The van der Waals surface area contributed by atoms with Gasteiger partial charge in [0.15, 0.2) is 0 Å². The van der Waals surface area contributed by atoms with Gasteiger partial charge < -0.3 is 9.88 Å². The van der Waals surface area contributed by atoms with Crippen molar-refractivity contribution in [1.29, 1.82) is 0 Å². The van der Waals surface area contributed by atoms with Crippen LogP contribution in [0.25, 0.3) is 11.0 Å². The van der Waals surface area contributed by atoms with Crippen LogP contribution in [0.1, 0.15) is 24.7 Å². The van der Waals surface area contributed by atoms with Crippen LogP contribution < -0.4 is 5.32 Å². The Morgan fingerprint density at radius 2 is 1.69 bits per heavy atom. The number of aromatic nitrogens is 2. The van der Waals surface area contributed by atoms with Gasteiger partial charge in [-0.1, -0.05) is 37.3 Å². The summed E-state index contributed by atoms with van der Waals surface area (Å²) in [6, 6.07) is 16.6. The predicted molar refractivity (Wildman–Crippen MR) is 117 cm³/mol. The number of carbonyl (C=O) groups is 1. The number of amides is 1. The minimum atomic E-state index is 0.0221. The van der Waals surface area contributed by atoms with Crippen molar-refractivity contribution < 1.29 is 4.79 Å². The summed E-state index contributed by atoms with van der Waals surface area (Å²) in [5.74, 6) is 1.09. The monoisotopic (exact) mass is 391 g/mol. The summed E-state index contributed by atoms with van der Waals surface area (Å²) in [5, 5.41) is 2.91. The SMILES string of the molecule is CCC(=O)Nc1ccc2c(c1)nc(CN1CCN(Cc3ccccc3)CC1)n2C. The Morgan fingerprint density at radius 1 is 1.00 bits per heavy atom. The first-order valence-corrected chi connectivity index (χ1v) is 10.4. The number of benzene rings is 2. The Labute approximate surface area is 172 Å². The summed E-state index contributed by atoms with van der Waals surface area (Å²) in [6.45, 7) is 7.97. The third kappa shape index (κ3) is 4.66. The molecule has 0 aliphatic carbocycles. The number of aryl methyl sites for hydroxylation is 1. The minimum Gasteiger partial charge on any atom is -0.330 e. The Hall–Kier alpha value is -2.70. The fraction of sp³-hybridized carbons (Fsp3) is 0.391. The number of hydrogen-bond donors (Lipinski definition) is 1. The number of carbonyl (C=O) groups excluding carboxylic acids is 1. The molecule has 1 aliphatic rings. The lowest BCUT2D eigenvalue weighted by atomic mass is 10.2. The number of rotatable bonds is 6. The van der Waals surface area contributed by atoms with Crippen molar-refractivity contribution in [2.75, 3.05) is 31.5 Å². The highest BCUT2D eigenvalue weighted by atomic mass is 16.1. The molecule has 1 aliphatic heterocycles. The molecule has 1 N–H and O–H groups in total. The second-order valence-corrected chi connectivity index (χ2v) is 7.73. The topological polar surface area (TPSA) is 53.4 Å². The maximum atomic E-state index is 11.6. The molecule has 1 fully saturated rings. The molecule has 6 nitrogen and oxygen atoms in total. The summed E-state index contributed by atoms with van der Waals surface area (Å²) >= 11 is 0. The van der Waals surface area contributed by atoms with E-state index in [9.17, 15) is 4.79 Å². The maximum Gasteiger partial charge on any atom is 0.224 e. The number of imidazole rings is 1. The van der Waals surface area contributed by atoms with E-state index in [0.717, 1.165) is 61.8 Å². The molecular formula is C23H29N5O. The van der Waals surface area contributed by atoms with Crippen LogP contribution in [-0.2, 0) is 24.9 Å². The molecule has 0 bridgehead atoms. The van der Waals surface area contributed by atoms with Crippen molar-refractivity contribution >= 4 is 22.6 Å². The predicted octanol–water partition coefficient (Wildman–Crippen LogP) is 3.24. The molecule has 6 heteroatoms. The first-order valence-electron chi connectivity index (χ1n) is 10.4. The van der Waals surface area contributed by atoms with E-state index in [-0.39, 0.29) is 5.91 Å². The lowest BCUT2D eigenvalue weighted by molar-refractivity contribution is -0.115. The van der Waals surface area contributed by atoms with Crippen LogP contribution in [0.15, 0.2) is 48.5 Å². The van der Waals surface area contributed by atoms with E-state index in [1.807, 2.05) is 25.1 Å². The minimum absolute atomic E-state index is 0.0221. The summed E-state index contributed by atoms with van der Waals surface area (Å²) in [6.07, 6.45) is 0.474. The average Bonchev–Trinajstić information content (AvgIpc) is 3.05. The first-order chi connectivity index (χ1) is 14.1. The zero-order valence-electron chi connectivity index (χ0n) is 17.3. The molecule has 2 heterocycles. The van der Waals surface area contributed by atoms with Crippen LogP contribution in [0.4, 0.5) is 5.69 Å². The van der Waals surface area contributed by atoms with Gasteiger partial charge in [0.1, 0.15) is 5.82 Å². The number of piperazine rings is 1. The van der Waals surface area contributed by atoms with E-state index in [4.69, 9.17) is 4.98 Å². The fourth-order valence-electron chi connectivity index (χ4n) is 3.87. The van der Waals surface area contributed by atoms with Gasteiger partial charge in [-0.2, -0.15) is 0 Å². The summed E-state index contributed by atoms with van der Waals surface area (Å²) < 4.78 is 2.16. The molecule has 0 spiro atoms. The molecule has 29 heavy (non-hydrogen) atoms. The van der Waals surface area contributed by atoms with E-state index in [1.54, 1.807) is 0 Å². The van der Waals surface area contributed by atoms with Gasteiger partial charge >= 0.3 is 0 Å². The van der Waals surface area contributed by atoms with E-state index >= 15 is 0 Å². The quantitative estimate of drug-likeness (QED) is 0.701. The van der Waals surface area contributed by atoms with E-state index in [1.165, 1.54) is 5.56 Å². The smallest absolute Gasteiger partial charge is 0.224 e. The highest BCUT2D eigenvalue weighted by Crippen LogP contribution is 2.21. The van der Waals surface area contributed by atoms with Gasteiger partial charge in [-0.15, -0.1) is 0 Å². The number of fused-ring (bicyclic) bond motifs is 1. The molecule has 0 unspecified atom stereocenters. The van der Waals surface area contributed by atoms with Crippen molar-refractivity contribution in [3.05, 3.63) is 59.9 Å². The Kier molecular flexibility index (Phi) is 5.92. The average molecular weight is 392 g/mol.